The number of carboxylic acid groups (broad SMARTS) is 1. The van der Waals surface area contributed by atoms with Crippen molar-refractivity contribution in [2.75, 3.05) is 6.61 Å². The number of fused-ring (bicyclic) bond motifs is 4. The minimum atomic E-state index is -2.73. The fourth-order valence-electron chi connectivity index (χ4n) is 7.84. The number of phenolic OH excluding ortho intramolecular Hbond substituents is 17. The first-order chi connectivity index (χ1) is 37.1. The highest BCUT2D eigenvalue weighted by Gasteiger charge is 2.55. The molecule has 0 aromatic heterocycles. The minimum Gasteiger partial charge on any atom is -0.504 e. The van der Waals surface area contributed by atoms with Crippen LogP contribution in [-0.4, -0.2) is 165 Å². The molecule has 6 aromatic rings. The number of phenols is 17. The van der Waals surface area contributed by atoms with Crippen molar-refractivity contribution in [2.24, 2.45) is 0 Å². The number of hydrogen-bond acceptors (Lipinski definition) is 30. The molecule has 6 aromatic carbocycles. The Morgan fingerprint density at radius 2 is 0.848 bits per heavy atom. The van der Waals surface area contributed by atoms with Crippen LogP contribution in [0.2, 0.25) is 0 Å². The first-order valence-electron chi connectivity index (χ1n) is 21.6. The molecule has 79 heavy (non-hydrogen) atoms. The molecule has 0 amide bonds. The van der Waals surface area contributed by atoms with Gasteiger partial charge in [0.2, 0.25) is 41.1 Å². The smallest absolute Gasteiger partial charge is 0.340 e. The van der Waals surface area contributed by atoms with Gasteiger partial charge in [-0.2, -0.15) is 0 Å². The first-order valence-corrected chi connectivity index (χ1v) is 21.6. The number of carbonyl (C=O) groups is 6. The molecule has 1 saturated heterocycles. The van der Waals surface area contributed by atoms with Gasteiger partial charge in [0.05, 0.1) is 27.8 Å². The summed E-state index contributed by atoms with van der Waals surface area (Å²) in [7, 11) is 0. The lowest BCUT2D eigenvalue weighted by Crippen LogP contribution is -2.63. The molecule has 412 valence electrons. The van der Waals surface area contributed by atoms with Crippen LogP contribution in [-0.2, 0) is 28.4 Å². The Bertz CT molecular complexity index is 3580. The summed E-state index contributed by atoms with van der Waals surface area (Å²) in [5, 5.41) is 187. The van der Waals surface area contributed by atoms with Gasteiger partial charge in [-0.25, -0.2) is 28.8 Å². The van der Waals surface area contributed by atoms with Crippen LogP contribution in [0, 0.1) is 0 Å². The predicted octanol–water partition coefficient (Wildman–Crippen LogP) is 2.57. The standard InChI is InChI=1S/C48H34O31/c49-17-1-11(2-18(50)29(17)57)43(68)77-40-39-26(10-73-46(71)14-7-22(54)32(60)35(63)27(14)28-15(47(72)76-39)8-23(55)33(61)36(28)64)75-48(41(40)78-44(69)12-3-19(51)30(58)20(52)4-12)79-45(70)13-5-21(53)31(59)25(6-13)74-38-16(42(66)67)9-24(56)34(62)37(38)65/h1-9,26,39-41,48-65H,10H2,(H,66,67). The minimum absolute atomic E-state index is 0.357. The van der Waals surface area contributed by atoms with Gasteiger partial charge in [-0.15, -0.1) is 0 Å². The van der Waals surface area contributed by atoms with Gasteiger partial charge >= 0.3 is 35.8 Å². The molecular formula is C48H34O31. The summed E-state index contributed by atoms with van der Waals surface area (Å²) >= 11 is 0. The predicted molar refractivity (Wildman–Crippen MR) is 245 cm³/mol. The van der Waals surface area contributed by atoms with Crippen molar-refractivity contribution in [2.45, 2.75) is 30.7 Å². The summed E-state index contributed by atoms with van der Waals surface area (Å²) in [6.07, 6.45) is -13.0. The lowest BCUT2D eigenvalue weighted by molar-refractivity contribution is -0.282. The number of ether oxygens (including phenoxy) is 7. The van der Waals surface area contributed by atoms with Crippen molar-refractivity contribution in [3.63, 3.8) is 0 Å². The van der Waals surface area contributed by atoms with Crippen LogP contribution in [0.3, 0.4) is 0 Å². The number of aromatic hydroxyl groups is 17. The van der Waals surface area contributed by atoms with E-state index in [9.17, 15) is 121 Å². The van der Waals surface area contributed by atoms with Gasteiger partial charge < -0.3 is 125 Å². The number of rotatable bonds is 9. The molecule has 0 saturated carbocycles. The molecule has 2 aliphatic heterocycles. The summed E-state index contributed by atoms with van der Waals surface area (Å²) < 4.78 is 39.0. The number of aromatic carboxylic acids is 1. The van der Waals surface area contributed by atoms with E-state index in [2.05, 4.69) is 0 Å². The highest BCUT2D eigenvalue weighted by molar-refractivity contribution is 6.08. The van der Waals surface area contributed by atoms with Crippen LogP contribution in [0.4, 0.5) is 0 Å². The molecular weight excluding hydrogens is 1070 g/mol. The lowest BCUT2D eigenvalue weighted by atomic mass is 9.92. The molecule has 0 aliphatic carbocycles. The lowest BCUT2D eigenvalue weighted by Gasteiger charge is -2.43. The third-order valence-corrected chi connectivity index (χ3v) is 11.7. The Balaban J connectivity index is 1.31. The van der Waals surface area contributed by atoms with Gasteiger partial charge in [0.25, 0.3) is 0 Å². The summed E-state index contributed by atoms with van der Waals surface area (Å²) in [6, 6.07) is 4.01. The SMILES string of the molecule is O=C(OC1OC2COC(=O)c3cc(O)c(O)c(O)c3-c3c(cc(O)c(O)c3O)C(=O)OC2C(OC(=O)c2cc(O)c(O)c(O)c2)C1OC(=O)c1cc(O)c(O)c(O)c1)c1cc(O)c(O)c(Oc2c(C(=O)O)cc(O)c(O)c2O)c1. The molecule has 31 heteroatoms. The summed E-state index contributed by atoms with van der Waals surface area (Å²) in [6.45, 7) is -1.37. The Kier molecular flexibility index (Phi) is 13.6. The molecule has 0 radical (unpaired) electrons. The van der Waals surface area contributed by atoms with Crippen molar-refractivity contribution in [1.29, 1.82) is 0 Å². The zero-order valence-corrected chi connectivity index (χ0v) is 38.6. The second-order valence-electron chi connectivity index (χ2n) is 16.6. The number of benzene rings is 6. The topological polar surface area (TPSA) is 531 Å². The van der Waals surface area contributed by atoms with Gasteiger partial charge in [0.15, 0.2) is 92.7 Å². The third kappa shape index (κ3) is 9.63. The zero-order chi connectivity index (χ0) is 58.0. The van der Waals surface area contributed by atoms with E-state index in [-0.39, 0.29) is 0 Å². The Hall–Kier alpha value is -11.5. The Morgan fingerprint density at radius 3 is 1.34 bits per heavy atom. The summed E-state index contributed by atoms with van der Waals surface area (Å²) in [4.78, 5) is 83.2. The quantitative estimate of drug-likeness (QED) is 0.0562. The van der Waals surface area contributed by atoms with E-state index >= 15 is 0 Å². The molecule has 0 spiro atoms. The zero-order valence-electron chi connectivity index (χ0n) is 38.6. The van der Waals surface area contributed by atoms with Crippen molar-refractivity contribution < 1.29 is 154 Å². The second-order valence-corrected chi connectivity index (χ2v) is 16.6. The van der Waals surface area contributed by atoms with E-state index < -0.39 is 227 Å². The van der Waals surface area contributed by atoms with Crippen molar-refractivity contribution in [3.8, 4) is 120 Å². The van der Waals surface area contributed by atoms with Gasteiger partial charge in [0, 0.05) is 17.2 Å². The van der Waals surface area contributed by atoms with E-state index in [1.54, 1.807) is 0 Å². The van der Waals surface area contributed by atoms with E-state index in [0.717, 1.165) is 0 Å². The highest BCUT2D eigenvalue weighted by atomic mass is 16.7. The number of esters is 5. The van der Waals surface area contributed by atoms with Gasteiger partial charge in [-0.3, -0.25) is 0 Å². The molecule has 1 fully saturated rings. The third-order valence-electron chi connectivity index (χ3n) is 11.7. The maximum absolute atomic E-state index is 14.6. The van der Waals surface area contributed by atoms with Gasteiger partial charge in [-0.1, -0.05) is 0 Å². The van der Waals surface area contributed by atoms with Crippen molar-refractivity contribution >= 4 is 35.8 Å². The number of carbonyl (C=O) groups excluding carboxylic acids is 5. The maximum Gasteiger partial charge on any atom is 0.340 e. The normalized spacial score (nSPS) is 17.7. The average Bonchev–Trinajstić information content (AvgIpc) is 3.70. The molecule has 31 nitrogen and oxygen atoms in total. The monoisotopic (exact) mass is 1110 g/mol. The fraction of sp³-hybridized carbons (Fsp3) is 0.125. The highest BCUT2D eigenvalue weighted by Crippen LogP contribution is 2.54. The first kappa shape index (κ1) is 53.8. The number of hydrogen-bond donors (Lipinski definition) is 18. The van der Waals surface area contributed by atoms with E-state index in [1.807, 2.05) is 0 Å². The maximum atomic E-state index is 14.6. The average molecular weight is 1110 g/mol. The van der Waals surface area contributed by atoms with E-state index in [1.165, 1.54) is 0 Å². The molecule has 5 atom stereocenters. The van der Waals surface area contributed by atoms with Crippen LogP contribution in [0.5, 0.6) is 109 Å². The van der Waals surface area contributed by atoms with Gasteiger partial charge in [0.1, 0.15) is 18.3 Å². The summed E-state index contributed by atoms with van der Waals surface area (Å²) in [5.74, 6) is -35.3. The molecule has 5 unspecified atom stereocenters. The molecule has 8 rings (SSSR count). The van der Waals surface area contributed by atoms with Gasteiger partial charge in [-0.05, 0) is 48.5 Å². The van der Waals surface area contributed by atoms with Crippen LogP contribution in [0.25, 0.3) is 11.1 Å². The molecule has 2 heterocycles. The van der Waals surface area contributed by atoms with Crippen molar-refractivity contribution in [1.82, 2.24) is 0 Å². The molecule has 18 N–H and O–H groups in total. The summed E-state index contributed by atoms with van der Waals surface area (Å²) in [5.41, 5.74) is -8.34. The largest absolute Gasteiger partial charge is 0.504 e. The molecule has 0 bridgehead atoms. The second kappa shape index (κ2) is 20.0. The Labute approximate surface area is 434 Å². The Morgan fingerprint density at radius 1 is 0.443 bits per heavy atom. The van der Waals surface area contributed by atoms with Crippen LogP contribution in [0.15, 0.2) is 54.6 Å². The number of carboxylic acids is 1. The molecule has 2 aliphatic rings. The fourth-order valence-corrected chi connectivity index (χ4v) is 7.84. The number of cyclic esters (lactones) is 1. The van der Waals surface area contributed by atoms with Crippen LogP contribution in [0.1, 0.15) is 62.1 Å². The van der Waals surface area contributed by atoms with E-state index in [0.29, 0.717) is 54.6 Å². The van der Waals surface area contributed by atoms with Crippen LogP contribution < -0.4 is 4.74 Å². The van der Waals surface area contributed by atoms with Crippen LogP contribution >= 0.6 is 0 Å². The van der Waals surface area contributed by atoms with Crippen molar-refractivity contribution in [3.05, 3.63) is 88.0 Å². The van der Waals surface area contributed by atoms with E-state index in [4.69, 9.17) is 33.2 Å².